The number of nitrogens with zero attached hydrogens (tertiary/aromatic N) is 1. The summed E-state index contributed by atoms with van der Waals surface area (Å²) in [6.45, 7) is 0. The standard InChI is InChI=1S/C18H25F3N2O3S/c19-18(20,21)17(26,8-10-27-9-7-14(22)16(24)25)15-6-5-13(11-23-15)12-3-1-2-4-12/h5-6,11-12,14,26H,1-4,7-10,22H2,(H,24,25). The minimum atomic E-state index is -4.85. The Morgan fingerprint density at radius 3 is 2.48 bits per heavy atom. The predicted octanol–water partition coefficient (Wildman–Crippen LogP) is 3.41. The van der Waals surface area contributed by atoms with Gasteiger partial charge in [0.15, 0.2) is 0 Å². The molecule has 1 aliphatic carbocycles. The first kappa shape index (κ1) is 22.0. The molecule has 0 saturated heterocycles. The molecular formula is C18H25F3N2O3S. The van der Waals surface area contributed by atoms with Gasteiger partial charge in [0.2, 0.25) is 5.60 Å². The van der Waals surface area contributed by atoms with Gasteiger partial charge in [-0.25, -0.2) is 0 Å². The molecule has 27 heavy (non-hydrogen) atoms. The van der Waals surface area contributed by atoms with E-state index in [1.165, 1.54) is 12.3 Å². The Hall–Kier alpha value is -1.32. The van der Waals surface area contributed by atoms with Crippen molar-refractivity contribution in [1.29, 1.82) is 0 Å². The molecule has 0 aliphatic heterocycles. The molecule has 2 unspecified atom stereocenters. The molecule has 1 aromatic rings. The number of alkyl halides is 3. The van der Waals surface area contributed by atoms with Crippen LogP contribution in [0.2, 0.25) is 0 Å². The molecule has 2 rings (SSSR count). The number of carboxylic acids is 1. The monoisotopic (exact) mass is 406 g/mol. The molecule has 2 atom stereocenters. The van der Waals surface area contributed by atoms with Gasteiger partial charge in [-0.3, -0.25) is 9.78 Å². The van der Waals surface area contributed by atoms with Crippen molar-refractivity contribution in [2.24, 2.45) is 5.73 Å². The fraction of sp³-hybridized carbons (Fsp3) is 0.667. The lowest BCUT2D eigenvalue weighted by molar-refractivity contribution is -0.268. The summed E-state index contributed by atoms with van der Waals surface area (Å²) >= 11 is 1.13. The molecule has 5 nitrogen and oxygen atoms in total. The summed E-state index contributed by atoms with van der Waals surface area (Å²) in [7, 11) is 0. The van der Waals surface area contributed by atoms with Crippen LogP contribution < -0.4 is 5.73 Å². The average molecular weight is 406 g/mol. The van der Waals surface area contributed by atoms with Gasteiger partial charge in [-0.1, -0.05) is 18.9 Å². The fourth-order valence-electron chi connectivity index (χ4n) is 3.22. The Kier molecular flexibility index (Phi) is 7.53. The summed E-state index contributed by atoms with van der Waals surface area (Å²) in [4.78, 5) is 14.6. The summed E-state index contributed by atoms with van der Waals surface area (Å²) in [6, 6.07) is 1.86. The molecule has 0 radical (unpaired) electrons. The first-order valence-electron chi connectivity index (χ1n) is 8.97. The lowest BCUT2D eigenvalue weighted by Gasteiger charge is -2.30. The van der Waals surface area contributed by atoms with Crippen LogP contribution in [0.4, 0.5) is 13.2 Å². The molecule has 1 aliphatic rings. The number of halogens is 3. The first-order chi connectivity index (χ1) is 12.6. The van der Waals surface area contributed by atoms with Gasteiger partial charge in [-0.15, -0.1) is 0 Å². The lowest BCUT2D eigenvalue weighted by atomic mass is 9.93. The Balaban J connectivity index is 1.99. The molecule has 1 saturated carbocycles. The lowest BCUT2D eigenvalue weighted by Crippen LogP contribution is -2.43. The number of thioether (sulfide) groups is 1. The van der Waals surface area contributed by atoms with E-state index in [0.717, 1.165) is 43.0 Å². The number of carbonyl (C=O) groups is 1. The van der Waals surface area contributed by atoms with E-state index in [4.69, 9.17) is 10.8 Å². The molecule has 1 aromatic heterocycles. The second-order valence-corrected chi connectivity index (χ2v) is 8.14. The van der Waals surface area contributed by atoms with Gasteiger partial charge in [0.05, 0.1) is 5.69 Å². The zero-order valence-corrected chi connectivity index (χ0v) is 15.7. The second-order valence-electron chi connectivity index (χ2n) is 6.91. The largest absolute Gasteiger partial charge is 0.480 e. The van der Waals surface area contributed by atoms with Crippen LogP contribution in [0, 0.1) is 0 Å². The van der Waals surface area contributed by atoms with Crippen molar-refractivity contribution in [3.05, 3.63) is 29.6 Å². The normalized spacial score (nSPS) is 19.0. The van der Waals surface area contributed by atoms with E-state index in [0.29, 0.717) is 11.7 Å². The molecule has 0 amide bonds. The number of rotatable bonds is 9. The van der Waals surface area contributed by atoms with Gasteiger partial charge in [-0.05, 0) is 54.7 Å². The Morgan fingerprint density at radius 2 is 1.96 bits per heavy atom. The Labute approximate surface area is 160 Å². The zero-order chi connectivity index (χ0) is 20.1. The first-order valence-corrected chi connectivity index (χ1v) is 10.1. The number of aliphatic hydroxyl groups is 1. The van der Waals surface area contributed by atoms with Crippen LogP contribution in [0.1, 0.15) is 55.7 Å². The third kappa shape index (κ3) is 5.58. The molecule has 1 fully saturated rings. The van der Waals surface area contributed by atoms with Gasteiger partial charge in [0, 0.05) is 6.20 Å². The maximum atomic E-state index is 13.5. The highest BCUT2D eigenvalue weighted by Gasteiger charge is 2.55. The van der Waals surface area contributed by atoms with E-state index < -0.39 is 35.9 Å². The molecule has 0 aromatic carbocycles. The van der Waals surface area contributed by atoms with Crippen LogP contribution in [-0.2, 0) is 10.4 Å². The maximum Gasteiger partial charge on any atom is 0.423 e. The number of carboxylic acid groups (broad SMARTS) is 1. The van der Waals surface area contributed by atoms with Crippen LogP contribution in [-0.4, -0.2) is 44.9 Å². The third-order valence-corrected chi connectivity index (χ3v) is 6.02. The third-order valence-electron chi connectivity index (χ3n) is 5.00. The number of aromatic nitrogens is 1. The highest BCUT2D eigenvalue weighted by atomic mass is 32.2. The van der Waals surface area contributed by atoms with Crippen molar-refractivity contribution in [3.63, 3.8) is 0 Å². The number of hydrogen-bond acceptors (Lipinski definition) is 5. The molecule has 4 N–H and O–H groups in total. The van der Waals surface area contributed by atoms with Crippen molar-refractivity contribution in [3.8, 4) is 0 Å². The molecule has 0 bridgehead atoms. The van der Waals surface area contributed by atoms with Crippen molar-refractivity contribution < 1.29 is 28.2 Å². The van der Waals surface area contributed by atoms with Crippen molar-refractivity contribution in [2.45, 2.75) is 62.3 Å². The van der Waals surface area contributed by atoms with E-state index in [1.807, 2.05) is 0 Å². The van der Waals surface area contributed by atoms with Crippen LogP contribution in [0.15, 0.2) is 18.3 Å². The van der Waals surface area contributed by atoms with Crippen LogP contribution in [0.5, 0.6) is 0 Å². The Morgan fingerprint density at radius 1 is 1.30 bits per heavy atom. The fourth-order valence-corrected chi connectivity index (χ4v) is 4.29. The summed E-state index contributed by atoms with van der Waals surface area (Å²) in [6.07, 6.45) is 0.439. The maximum absolute atomic E-state index is 13.5. The SMILES string of the molecule is NC(CCSCCC(O)(c1ccc(C2CCCC2)cn1)C(F)(F)F)C(=O)O. The molecule has 0 spiro atoms. The van der Waals surface area contributed by atoms with Crippen LogP contribution >= 0.6 is 11.8 Å². The van der Waals surface area contributed by atoms with Gasteiger partial charge in [0.25, 0.3) is 0 Å². The van der Waals surface area contributed by atoms with Crippen LogP contribution in [0.25, 0.3) is 0 Å². The molecular weight excluding hydrogens is 381 g/mol. The molecule has 1 heterocycles. The van der Waals surface area contributed by atoms with Gasteiger partial charge >= 0.3 is 12.1 Å². The Bertz CT molecular complexity index is 621. The van der Waals surface area contributed by atoms with E-state index in [9.17, 15) is 23.1 Å². The minimum Gasteiger partial charge on any atom is -0.480 e. The predicted molar refractivity (Wildman–Crippen MR) is 97.6 cm³/mol. The molecule has 9 heteroatoms. The number of nitrogens with two attached hydrogens (primary N) is 1. The average Bonchev–Trinajstić information content (AvgIpc) is 3.14. The number of hydrogen-bond donors (Lipinski definition) is 3. The van der Waals surface area contributed by atoms with Gasteiger partial charge < -0.3 is 15.9 Å². The summed E-state index contributed by atoms with van der Waals surface area (Å²) in [5.74, 6) is -0.502. The highest BCUT2D eigenvalue weighted by molar-refractivity contribution is 7.99. The minimum absolute atomic E-state index is 0.00834. The van der Waals surface area contributed by atoms with Gasteiger partial charge in [-0.2, -0.15) is 24.9 Å². The smallest absolute Gasteiger partial charge is 0.423 e. The van der Waals surface area contributed by atoms with Gasteiger partial charge in [0.1, 0.15) is 6.04 Å². The summed E-state index contributed by atoms with van der Waals surface area (Å²) in [5.41, 5.74) is 2.85. The van der Waals surface area contributed by atoms with Crippen molar-refractivity contribution in [1.82, 2.24) is 4.98 Å². The second kappa shape index (κ2) is 9.25. The topological polar surface area (TPSA) is 96.4 Å². The number of pyridine rings is 1. The van der Waals surface area contributed by atoms with E-state index in [1.54, 1.807) is 6.07 Å². The van der Waals surface area contributed by atoms with Crippen molar-refractivity contribution >= 4 is 17.7 Å². The molecule has 152 valence electrons. The van der Waals surface area contributed by atoms with Crippen molar-refractivity contribution in [2.75, 3.05) is 11.5 Å². The van der Waals surface area contributed by atoms with Crippen LogP contribution in [0.3, 0.4) is 0 Å². The van der Waals surface area contributed by atoms with E-state index in [2.05, 4.69) is 4.98 Å². The summed E-state index contributed by atoms with van der Waals surface area (Å²) in [5, 5.41) is 19.0. The van der Waals surface area contributed by atoms with E-state index in [-0.39, 0.29) is 12.2 Å². The summed E-state index contributed by atoms with van der Waals surface area (Å²) < 4.78 is 40.6. The quantitative estimate of drug-likeness (QED) is 0.544. The van der Waals surface area contributed by atoms with E-state index >= 15 is 0 Å². The number of aliphatic carboxylic acids is 1. The highest BCUT2D eigenvalue weighted by Crippen LogP contribution is 2.42. The zero-order valence-electron chi connectivity index (χ0n) is 14.9.